The quantitative estimate of drug-likeness (QED) is 0.799. The molecule has 138 valence electrons. The smallest absolute Gasteiger partial charge is 0.417 e. The fourth-order valence-electron chi connectivity index (χ4n) is 1.92. The van der Waals surface area contributed by atoms with Gasteiger partial charge in [-0.1, -0.05) is 29.8 Å². The van der Waals surface area contributed by atoms with Crippen molar-refractivity contribution in [2.24, 2.45) is 0 Å². The zero-order chi connectivity index (χ0) is 19.3. The van der Waals surface area contributed by atoms with E-state index in [2.05, 4.69) is 10.1 Å². The summed E-state index contributed by atoms with van der Waals surface area (Å²) in [5.41, 5.74) is -1.68. The summed E-state index contributed by atoms with van der Waals surface area (Å²) in [5, 5.41) is 1.77. The number of ether oxygens (including phenoxy) is 1. The number of esters is 1. The Morgan fingerprint density at radius 2 is 1.85 bits per heavy atom. The molecule has 0 radical (unpaired) electrons. The molecule has 0 atom stereocenters. The van der Waals surface area contributed by atoms with Gasteiger partial charge in [0.1, 0.15) is 11.6 Å². The van der Waals surface area contributed by atoms with Crippen molar-refractivity contribution in [3.8, 4) is 0 Å². The average molecular weight is 389 g/mol. The van der Waals surface area contributed by atoms with Crippen molar-refractivity contribution in [2.45, 2.75) is 12.7 Å². The van der Waals surface area contributed by atoms with E-state index in [4.69, 9.17) is 11.6 Å². The number of halogens is 4. The first-order valence-electron chi connectivity index (χ1n) is 7.14. The number of hydrogen-bond acceptors (Lipinski definition) is 4. The van der Waals surface area contributed by atoms with Gasteiger partial charge in [-0.3, -0.25) is 14.4 Å². The van der Waals surface area contributed by atoms with Gasteiger partial charge in [-0.05, 0) is 18.2 Å². The molecule has 26 heavy (non-hydrogen) atoms. The highest BCUT2D eigenvalue weighted by molar-refractivity contribution is 6.30. The lowest BCUT2D eigenvalue weighted by Crippen LogP contribution is -2.29. The largest absolute Gasteiger partial charge is 0.454 e. The molecule has 6 nitrogen and oxygen atoms in total. The molecular formula is C16H12ClF3N2O4. The topological polar surface area (TPSA) is 77.4 Å². The van der Waals surface area contributed by atoms with Crippen molar-refractivity contribution in [1.82, 2.24) is 4.57 Å². The Balaban J connectivity index is 1.98. The van der Waals surface area contributed by atoms with Crippen LogP contribution in [0.15, 0.2) is 47.4 Å². The standard InChI is InChI=1S/C16H12ClF3N2O4/c17-12-6-10(16(18,19)20)7-22(15(12)25)8-14(24)26-9-13(23)21-11-4-2-1-3-5-11/h1-7H,8-9H2,(H,21,23). The number of aromatic nitrogens is 1. The van der Waals surface area contributed by atoms with E-state index >= 15 is 0 Å². The first kappa shape index (κ1) is 19.5. The molecule has 0 saturated heterocycles. The lowest BCUT2D eigenvalue weighted by Gasteiger charge is -2.11. The number of anilines is 1. The minimum Gasteiger partial charge on any atom is -0.454 e. The summed E-state index contributed by atoms with van der Waals surface area (Å²) < 4.78 is 43.3. The van der Waals surface area contributed by atoms with E-state index in [0.717, 1.165) is 0 Å². The number of benzene rings is 1. The van der Waals surface area contributed by atoms with Gasteiger partial charge >= 0.3 is 12.1 Å². The molecule has 1 aromatic heterocycles. The van der Waals surface area contributed by atoms with E-state index in [0.29, 0.717) is 22.5 Å². The number of rotatable bonds is 5. The summed E-state index contributed by atoms with van der Waals surface area (Å²) in [5.74, 6) is -1.70. The van der Waals surface area contributed by atoms with Crippen LogP contribution in [-0.2, 0) is 27.0 Å². The molecule has 1 amide bonds. The number of carbonyl (C=O) groups is 2. The Bertz CT molecular complexity index is 866. The Morgan fingerprint density at radius 1 is 1.19 bits per heavy atom. The van der Waals surface area contributed by atoms with E-state index in [9.17, 15) is 27.6 Å². The molecule has 0 fully saturated rings. The van der Waals surface area contributed by atoms with Crippen LogP contribution in [-0.4, -0.2) is 23.1 Å². The van der Waals surface area contributed by atoms with Crippen LogP contribution in [0, 0.1) is 0 Å². The van der Waals surface area contributed by atoms with Gasteiger partial charge in [0.2, 0.25) is 0 Å². The molecule has 1 heterocycles. The predicted octanol–water partition coefficient (Wildman–Crippen LogP) is 2.70. The number of nitrogens with zero attached hydrogens (tertiary/aromatic N) is 1. The maximum Gasteiger partial charge on any atom is 0.417 e. The van der Waals surface area contributed by atoms with E-state index in [1.807, 2.05) is 0 Å². The number of alkyl halides is 3. The van der Waals surface area contributed by atoms with Gasteiger partial charge in [-0.15, -0.1) is 0 Å². The van der Waals surface area contributed by atoms with Gasteiger partial charge in [0.25, 0.3) is 11.5 Å². The number of para-hydroxylation sites is 1. The van der Waals surface area contributed by atoms with Gasteiger partial charge in [0.05, 0.1) is 5.56 Å². The third kappa shape index (κ3) is 5.35. The maximum atomic E-state index is 12.7. The Labute approximate surface area is 150 Å². The van der Waals surface area contributed by atoms with Gasteiger partial charge < -0.3 is 14.6 Å². The van der Waals surface area contributed by atoms with Crippen LogP contribution in [0.3, 0.4) is 0 Å². The zero-order valence-electron chi connectivity index (χ0n) is 13.0. The number of nitrogens with one attached hydrogen (secondary N) is 1. The summed E-state index contributed by atoms with van der Waals surface area (Å²) >= 11 is 5.48. The van der Waals surface area contributed by atoms with E-state index in [-0.39, 0.29) is 0 Å². The summed E-state index contributed by atoms with van der Waals surface area (Å²) in [4.78, 5) is 35.1. The van der Waals surface area contributed by atoms with Crippen LogP contribution in [0.5, 0.6) is 0 Å². The highest BCUT2D eigenvalue weighted by atomic mass is 35.5. The molecule has 0 saturated carbocycles. The molecule has 10 heteroatoms. The van der Waals surface area contributed by atoms with Crippen molar-refractivity contribution >= 4 is 29.2 Å². The fourth-order valence-corrected chi connectivity index (χ4v) is 2.15. The average Bonchev–Trinajstić information content (AvgIpc) is 2.57. The Kier molecular flexibility index (Phi) is 6.04. The fraction of sp³-hybridized carbons (Fsp3) is 0.188. The van der Waals surface area contributed by atoms with E-state index < -0.39 is 47.3 Å². The minimum absolute atomic E-state index is 0.458. The van der Waals surface area contributed by atoms with Gasteiger partial charge in [0.15, 0.2) is 6.61 Å². The molecule has 1 aromatic carbocycles. The molecule has 2 rings (SSSR count). The molecule has 0 aliphatic carbocycles. The minimum atomic E-state index is -4.74. The summed E-state index contributed by atoms with van der Waals surface area (Å²) in [6.07, 6.45) is -4.28. The first-order chi connectivity index (χ1) is 12.2. The molecule has 0 bridgehead atoms. The van der Waals surface area contributed by atoms with Gasteiger partial charge in [0, 0.05) is 11.9 Å². The Hall–Kier alpha value is -2.81. The molecule has 1 N–H and O–H groups in total. The Morgan fingerprint density at radius 3 is 2.46 bits per heavy atom. The van der Waals surface area contributed by atoms with Gasteiger partial charge in [-0.25, -0.2) is 0 Å². The van der Waals surface area contributed by atoms with Crippen LogP contribution in [0.1, 0.15) is 5.56 Å². The van der Waals surface area contributed by atoms with Crippen molar-refractivity contribution < 1.29 is 27.5 Å². The highest BCUT2D eigenvalue weighted by Crippen LogP contribution is 2.29. The highest BCUT2D eigenvalue weighted by Gasteiger charge is 2.32. The number of hydrogen-bond donors (Lipinski definition) is 1. The van der Waals surface area contributed by atoms with Crippen LogP contribution in [0.2, 0.25) is 5.02 Å². The van der Waals surface area contributed by atoms with Crippen molar-refractivity contribution in [3.05, 3.63) is 63.5 Å². The second-order valence-corrected chi connectivity index (χ2v) is 5.49. The lowest BCUT2D eigenvalue weighted by molar-refractivity contribution is -0.148. The van der Waals surface area contributed by atoms with Crippen molar-refractivity contribution in [2.75, 3.05) is 11.9 Å². The SMILES string of the molecule is O=C(COC(=O)Cn1cc(C(F)(F)F)cc(Cl)c1=O)Nc1ccccc1. The van der Waals surface area contributed by atoms with Crippen LogP contribution >= 0.6 is 11.6 Å². The normalized spacial score (nSPS) is 11.1. The molecule has 0 aliphatic rings. The number of amides is 1. The van der Waals surface area contributed by atoms with Crippen LogP contribution in [0.25, 0.3) is 0 Å². The number of carbonyl (C=O) groups excluding carboxylic acids is 2. The monoisotopic (exact) mass is 388 g/mol. The van der Waals surface area contributed by atoms with E-state index in [1.165, 1.54) is 0 Å². The second kappa shape index (κ2) is 8.05. The predicted molar refractivity (Wildman–Crippen MR) is 86.7 cm³/mol. The second-order valence-electron chi connectivity index (χ2n) is 5.08. The third-order valence-corrected chi connectivity index (χ3v) is 3.36. The number of pyridine rings is 1. The molecule has 2 aromatic rings. The van der Waals surface area contributed by atoms with E-state index in [1.54, 1.807) is 30.3 Å². The molecule has 0 unspecified atom stereocenters. The van der Waals surface area contributed by atoms with Crippen molar-refractivity contribution in [1.29, 1.82) is 0 Å². The van der Waals surface area contributed by atoms with Crippen LogP contribution < -0.4 is 10.9 Å². The summed E-state index contributed by atoms with van der Waals surface area (Å²) in [6, 6.07) is 8.82. The molecule has 0 aliphatic heterocycles. The summed E-state index contributed by atoms with van der Waals surface area (Å²) in [7, 11) is 0. The lowest BCUT2D eigenvalue weighted by atomic mass is 10.2. The van der Waals surface area contributed by atoms with Crippen molar-refractivity contribution in [3.63, 3.8) is 0 Å². The summed E-state index contributed by atoms with van der Waals surface area (Å²) in [6.45, 7) is -1.48. The molecule has 0 spiro atoms. The van der Waals surface area contributed by atoms with Gasteiger partial charge in [-0.2, -0.15) is 13.2 Å². The van der Waals surface area contributed by atoms with Crippen LogP contribution in [0.4, 0.5) is 18.9 Å². The zero-order valence-corrected chi connectivity index (χ0v) is 13.8. The molecular weight excluding hydrogens is 377 g/mol. The maximum absolute atomic E-state index is 12.7. The third-order valence-electron chi connectivity index (χ3n) is 3.09. The first-order valence-corrected chi connectivity index (χ1v) is 7.52.